The van der Waals surface area contributed by atoms with Gasteiger partial charge in [-0.05, 0) is 48.7 Å². The van der Waals surface area contributed by atoms with Crippen LogP contribution in [0.1, 0.15) is 40.4 Å². The van der Waals surface area contributed by atoms with Crippen LogP contribution in [-0.4, -0.2) is 36.0 Å². The average molecular weight is 373 g/mol. The molecule has 0 radical (unpaired) electrons. The fourth-order valence-corrected chi connectivity index (χ4v) is 3.81. The highest BCUT2D eigenvalue weighted by Crippen LogP contribution is 2.34. The van der Waals surface area contributed by atoms with Crippen LogP contribution >= 0.6 is 0 Å². The summed E-state index contributed by atoms with van der Waals surface area (Å²) in [5.74, 6) is 2.05. The maximum atomic E-state index is 12.7. The second kappa shape index (κ2) is 8.21. The number of carbonyl (C=O) groups excluding carboxylic acids is 1. The summed E-state index contributed by atoms with van der Waals surface area (Å²) in [6.45, 7) is 1.79. The normalized spacial score (nSPS) is 16.6. The van der Waals surface area contributed by atoms with E-state index in [1.165, 1.54) is 5.56 Å². The van der Waals surface area contributed by atoms with Crippen LogP contribution in [0.25, 0.3) is 0 Å². The van der Waals surface area contributed by atoms with Crippen molar-refractivity contribution in [1.29, 1.82) is 0 Å². The van der Waals surface area contributed by atoms with E-state index in [2.05, 4.69) is 27.0 Å². The Morgan fingerprint density at radius 1 is 1.11 bits per heavy atom. The Bertz CT molecular complexity index is 959. The number of hydrogen-bond donors (Lipinski definition) is 0. The zero-order valence-corrected chi connectivity index (χ0v) is 15.9. The maximum absolute atomic E-state index is 12.7. The first-order chi connectivity index (χ1) is 13.8. The van der Waals surface area contributed by atoms with Crippen LogP contribution < -0.4 is 9.64 Å². The number of ether oxygens (including phenoxy) is 1. The molecule has 0 spiro atoms. The molecule has 3 aromatic rings. The summed E-state index contributed by atoms with van der Waals surface area (Å²) in [6, 6.07) is 17.4. The second-order valence-corrected chi connectivity index (χ2v) is 6.98. The van der Waals surface area contributed by atoms with Gasteiger partial charge in [0.05, 0.1) is 7.11 Å². The highest BCUT2D eigenvalue weighted by atomic mass is 16.5. The summed E-state index contributed by atoms with van der Waals surface area (Å²) >= 11 is 0. The van der Waals surface area contributed by atoms with Gasteiger partial charge in [0.15, 0.2) is 0 Å². The van der Waals surface area contributed by atoms with Gasteiger partial charge in [-0.3, -0.25) is 9.78 Å². The standard InChI is InChI=1S/C23H23N3O2/c1-28-21-11-3-2-9-19(21)18-8-6-14-26(16-18)22-12-4-10-20(25-22)23(27)17-7-5-13-24-15-17/h2-5,7,9-13,15,18H,6,8,14,16H2,1H3. The van der Waals surface area contributed by atoms with Gasteiger partial charge in [0.2, 0.25) is 5.78 Å². The number of aromatic nitrogens is 2. The Labute approximate surface area is 165 Å². The van der Waals surface area contributed by atoms with Gasteiger partial charge in [-0.2, -0.15) is 0 Å². The van der Waals surface area contributed by atoms with Gasteiger partial charge in [-0.25, -0.2) is 4.98 Å². The highest BCUT2D eigenvalue weighted by molar-refractivity contribution is 6.07. The Balaban J connectivity index is 1.57. The molecule has 28 heavy (non-hydrogen) atoms. The molecule has 3 heterocycles. The summed E-state index contributed by atoms with van der Waals surface area (Å²) in [4.78, 5) is 23.7. The number of anilines is 1. The molecule has 1 saturated heterocycles. The topological polar surface area (TPSA) is 55.3 Å². The molecule has 0 N–H and O–H groups in total. The number of piperidine rings is 1. The molecule has 1 fully saturated rings. The number of para-hydroxylation sites is 1. The molecule has 2 aromatic heterocycles. The molecule has 1 atom stereocenters. The smallest absolute Gasteiger partial charge is 0.212 e. The predicted octanol–water partition coefficient (Wildman–Crippen LogP) is 4.10. The third kappa shape index (κ3) is 3.74. The molecule has 1 aliphatic rings. The minimum absolute atomic E-state index is 0.103. The van der Waals surface area contributed by atoms with E-state index in [1.807, 2.05) is 24.3 Å². The van der Waals surface area contributed by atoms with Crippen molar-refractivity contribution in [2.24, 2.45) is 0 Å². The number of carbonyl (C=O) groups is 1. The van der Waals surface area contributed by atoms with Crippen molar-refractivity contribution in [2.45, 2.75) is 18.8 Å². The lowest BCUT2D eigenvalue weighted by molar-refractivity contribution is 0.103. The molecule has 1 aliphatic heterocycles. The summed E-state index contributed by atoms with van der Waals surface area (Å²) in [5.41, 5.74) is 2.24. The van der Waals surface area contributed by atoms with E-state index in [1.54, 1.807) is 37.7 Å². The quantitative estimate of drug-likeness (QED) is 0.630. The Hall–Kier alpha value is -3.21. The summed E-state index contributed by atoms with van der Waals surface area (Å²) in [5, 5.41) is 0. The summed E-state index contributed by atoms with van der Waals surface area (Å²) < 4.78 is 5.55. The van der Waals surface area contributed by atoms with Gasteiger partial charge in [0, 0.05) is 37.0 Å². The lowest BCUT2D eigenvalue weighted by atomic mass is 9.90. The zero-order chi connectivity index (χ0) is 19.3. The van der Waals surface area contributed by atoms with E-state index < -0.39 is 0 Å². The molecular weight excluding hydrogens is 350 g/mol. The molecule has 1 unspecified atom stereocenters. The van der Waals surface area contributed by atoms with Crippen LogP contribution in [0.2, 0.25) is 0 Å². The van der Waals surface area contributed by atoms with Crippen molar-refractivity contribution in [3.05, 3.63) is 83.8 Å². The van der Waals surface area contributed by atoms with Gasteiger partial charge in [0.1, 0.15) is 17.3 Å². The molecule has 1 aromatic carbocycles. The number of hydrogen-bond acceptors (Lipinski definition) is 5. The van der Waals surface area contributed by atoms with E-state index in [4.69, 9.17) is 4.74 Å². The fourth-order valence-electron chi connectivity index (χ4n) is 3.81. The van der Waals surface area contributed by atoms with Crippen molar-refractivity contribution in [1.82, 2.24) is 9.97 Å². The molecule has 4 rings (SSSR count). The van der Waals surface area contributed by atoms with Crippen LogP contribution in [0.4, 0.5) is 5.82 Å². The monoisotopic (exact) mass is 373 g/mol. The van der Waals surface area contributed by atoms with Crippen LogP contribution in [-0.2, 0) is 0 Å². The van der Waals surface area contributed by atoms with Crippen LogP contribution in [0.15, 0.2) is 67.0 Å². The molecular formula is C23H23N3O2. The SMILES string of the molecule is COc1ccccc1C1CCCN(c2cccc(C(=O)c3cccnc3)n2)C1. The van der Waals surface area contributed by atoms with Crippen molar-refractivity contribution < 1.29 is 9.53 Å². The van der Waals surface area contributed by atoms with Gasteiger partial charge >= 0.3 is 0 Å². The first-order valence-corrected chi connectivity index (χ1v) is 9.56. The van der Waals surface area contributed by atoms with Crippen LogP contribution in [0.5, 0.6) is 5.75 Å². The van der Waals surface area contributed by atoms with Crippen LogP contribution in [0, 0.1) is 0 Å². The number of benzene rings is 1. The van der Waals surface area contributed by atoms with Gasteiger partial charge in [0.25, 0.3) is 0 Å². The summed E-state index contributed by atoms with van der Waals surface area (Å²) in [7, 11) is 1.72. The van der Waals surface area contributed by atoms with E-state index in [0.717, 1.165) is 37.5 Å². The molecule has 0 amide bonds. The van der Waals surface area contributed by atoms with E-state index in [0.29, 0.717) is 17.2 Å². The van der Waals surface area contributed by atoms with Gasteiger partial charge < -0.3 is 9.64 Å². The fraction of sp³-hybridized carbons (Fsp3) is 0.261. The largest absolute Gasteiger partial charge is 0.496 e. The van der Waals surface area contributed by atoms with Crippen molar-refractivity contribution in [3.63, 3.8) is 0 Å². The van der Waals surface area contributed by atoms with E-state index in [-0.39, 0.29) is 5.78 Å². The number of ketones is 1. The third-order valence-corrected chi connectivity index (χ3v) is 5.21. The van der Waals surface area contributed by atoms with Gasteiger partial charge in [-0.1, -0.05) is 24.3 Å². The predicted molar refractivity (Wildman–Crippen MR) is 109 cm³/mol. The molecule has 142 valence electrons. The zero-order valence-electron chi connectivity index (χ0n) is 15.9. The minimum Gasteiger partial charge on any atom is -0.496 e. The molecule has 0 aliphatic carbocycles. The molecule has 5 heteroatoms. The second-order valence-electron chi connectivity index (χ2n) is 6.98. The first kappa shape index (κ1) is 18.2. The van der Waals surface area contributed by atoms with E-state index in [9.17, 15) is 4.79 Å². The Morgan fingerprint density at radius 3 is 2.82 bits per heavy atom. The van der Waals surface area contributed by atoms with E-state index >= 15 is 0 Å². The maximum Gasteiger partial charge on any atom is 0.212 e. The lowest BCUT2D eigenvalue weighted by Crippen LogP contribution is -2.35. The Kier molecular flexibility index (Phi) is 5.33. The number of pyridine rings is 2. The van der Waals surface area contributed by atoms with Gasteiger partial charge in [-0.15, -0.1) is 0 Å². The van der Waals surface area contributed by atoms with Crippen molar-refractivity contribution in [2.75, 3.05) is 25.1 Å². The Morgan fingerprint density at radius 2 is 2.00 bits per heavy atom. The average Bonchev–Trinajstić information content (AvgIpc) is 2.79. The van der Waals surface area contributed by atoms with Crippen LogP contribution in [0.3, 0.4) is 0 Å². The third-order valence-electron chi connectivity index (χ3n) is 5.21. The minimum atomic E-state index is -0.103. The van der Waals surface area contributed by atoms with Crippen molar-refractivity contribution in [3.8, 4) is 5.75 Å². The number of rotatable bonds is 5. The lowest BCUT2D eigenvalue weighted by Gasteiger charge is -2.34. The first-order valence-electron chi connectivity index (χ1n) is 9.56. The number of nitrogens with zero attached hydrogens (tertiary/aromatic N) is 3. The molecule has 0 saturated carbocycles. The molecule has 0 bridgehead atoms. The number of methoxy groups -OCH3 is 1. The molecule has 5 nitrogen and oxygen atoms in total. The summed E-state index contributed by atoms with van der Waals surface area (Å²) in [6.07, 6.45) is 5.43. The highest BCUT2D eigenvalue weighted by Gasteiger charge is 2.25. The van der Waals surface area contributed by atoms with Crippen molar-refractivity contribution >= 4 is 11.6 Å².